The SMILES string of the molecule is CC(C)(CCNC(=O)c1cccc(-c2ccoc2)c1)C(=O)O. The second kappa shape index (κ2) is 6.47. The minimum absolute atomic E-state index is 0.216. The van der Waals surface area contributed by atoms with Crippen molar-refractivity contribution in [3.05, 3.63) is 48.4 Å². The maximum Gasteiger partial charge on any atom is 0.309 e. The highest BCUT2D eigenvalue weighted by molar-refractivity contribution is 5.95. The normalized spacial score (nSPS) is 11.2. The highest BCUT2D eigenvalue weighted by Gasteiger charge is 2.26. The summed E-state index contributed by atoms with van der Waals surface area (Å²) in [5.41, 5.74) is 1.48. The molecule has 116 valence electrons. The lowest BCUT2D eigenvalue weighted by Crippen LogP contribution is -2.31. The first kappa shape index (κ1) is 15.8. The van der Waals surface area contributed by atoms with E-state index in [1.54, 1.807) is 44.6 Å². The molecule has 0 bridgehead atoms. The van der Waals surface area contributed by atoms with Crippen LogP contribution in [-0.4, -0.2) is 23.5 Å². The molecule has 5 nitrogen and oxygen atoms in total. The Bertz CT molecular complexity index is 659. The van der Waals surface area contributed by atoms with Gasteiger partial charge in [0, 0.05) is 17.7 Å². The molecule has 0 aliphatic heterocycles. The van der Waals surface area contributed by atoms with Crippen LogP contribution in [0.5, 0.6) is 0 Å². The number of hydrogen-bond acceptors (Lipinski definition) is 3. The summed E-state index contributed by atoms with van der Waals surface area (Å²) >= 11 is 0. The molecule has 0 unspecified atom stereocenters. The average molecular weight is 301 g/mol. The van der Waals surface area contributed by atoms with Crippen LogP contribution in [0.25, 0.3) is 11.1 Å². The molecular formula is C17H19NO4. The highest BCUT2D eigenvalue weighted by atomic mass is 16.4. The van der Waals surface area contributed by atoms with Gasteiger partial charge in [0.25, 0.3) is 5.91 Å². The molecule has 0 aliphatic carbocycles. The van der Waals surface area contributed by atoms with Gasteiger partial charge >= 0.3 is 5.97 Å². The van der Waals surface area contributed by atoms with Crippen molar-refractivity contribution in [1.29, 1.82) is 0 Å². The first-order valence-corrected chi connectivity index (χ1v) is 7.04. The van der Waals surface area contributed by atoms with Crippen molar-refractivity contribution < 1.29 is 19.1 Å². The van der Waals surface area contributed by atoms with Gasteiger partial charge in [0.15, 0.2) is 0 Å². The second-order valence-electron chi connectivity index (χ2n) is 5.79. The van der Waals surface area contributed by atoms with E-state index in [4.69, 9.17) is 9.52 Å². The van der Waals surface area contributed by atoms with E-state index in [-0.39, 0.29) is 5.91 Å². The minimum Gasteiger partial charge on any atom is -0.481 e. The van der Waals surface area contributed by atoms with Crippen molar-refractivity contribution in [3.63, 3.8) is 0 Å². The molecule has 2 rings (SSSR count). The van der Waals surface area contributed by atoms with Crippen LogP contribution in [0.3, 0.4) is 0 Å². The van der Waals surface area contributed by atoms with Crippen LogP contribution in [0.1, 0.15) is 30.6 Å². The predicted molar refractivity (Wildman–Crippen MR) is 82.5 cm³/mol. The van der Waals surface area contributed by atoms with E-state index < -0.39 is 11.4 Å². The van der Waals surface area contributed by atoms with Gasteiger partial charge in [-0.25, -0.2) is 0 Å². The van der Waals surface area contributed by atoms with Gasteiger partial charge in [0.2, 0.25) is 0 Å². The minimum atomic E-state index is -0.872. The first-order chi connectivity index (χ1) is 10.4. The van der Waals surface area contributed by atoms with Gasteiger partial charge < -0.3 is 14.8 Å². The number of rotatable bonds is 6. The molecule has 5 heteroatoms. The van der Waals surface area contributed by atoms with Crippen LogP contribution in [-0.2, 0) is 4.79 Å². The molecule has 0 saturated heterocycles. The molecule has 0 atom stereocenters. The van der Waals surface area contributed by atoms with Gasteiger partial charge in [-0.2, -0.15) is 0 Å². The molecule has 0 fully saturated rings. The van der Waals surface area contributed by atoms with E-state index in [0.717, 1.165) is 11.1 Å². The number of carboxylic acids is 1. The van der Waals surface area contributed by atoms with E-state index in [1.165, 1.54) is 0 Å². The molecule has 0 aliphatic rings. The molecule has 0 spiro atoms. The summed E-state index contributed by atoms with van der Waals surface area (Å²) in [7, 11) is 0. The van der Waals surface area contributed by atoms with Gasteiger partial charge in [-0.15, -0.1) is 0 Å². The number of nitrogens with one attached hydrogen (secondary N) is 1. The molecule has 2 N–H and O–H groups in total. The zero-order chi connectivity index (χ0) is 16.2. The van der Waals surface area contributed by atoms with Crippen molar-refractivity contribution in [3.8, 4) is 11.1 Å². The Labute approximate surface area is 129 Å². The van der Waals surface area contributed by atoms with Crippen molar-refractivity contribution in [2.24, 2.45) is 5.41 Å². The summed E-state index contributed by atoms with van der Waals surface area (Å²) in [5, 5.41) is 11.8. The largest absolute Gasteiger partial charge is 0.481 e. The summed E-state index contributed by atoms with van der Waals surface area (Å²) in [4.78, 5) is 23.2. The Hall–Kier alpha value is -2.56. The predicted octanol–water partition coefficient (Wildman–Crippen LogP) is 3.18. The molecule has 22 heavy (non-hydrogen) atoms. The summed E-state index contributed by atoms with van der Waals surface area (Å²) in [6, 6.07) is 9.03. The van der Waals surface area contributed by atoms with E-state index >= 15 is 0 Å². The van der Waals surface area contributed by atoms with Crippen molar-refractivity contribution in [2.45, 2.75) is 20.3 Å². The Morgan fingerprint density at radius 1 is 1.23 bits per heavy atom. The fraction of sp³-hybridized carbons (Fsp3) is 0.294. The van der Waals surface area contributed by atoms with Crippen LogP contribution in [0, 0.1) is 5.41 Å². The molecule has 0 radical (unpaired) electrons. The molecule has 0 saturated carbocycles. The Morgan fingerprint density at radius 3 is 2.64 bits per heavy atom. The summed E-state index contributed by atoms with van der Waals surface area (Å²) in [5.74, 6) is -1.09. The van der Waals surface area contributed by atoms with E-state index in [0.29, 0.717) is 18.5 Å². The zero-order valence-electron chi connectivity index (χ0n) is 12.6. The average Bonchev–Trinajstić information content (AvgIpc) is 3.01. The van der Waals surface area contributed by atoms with Crippen LogP contribution >= 0.6 is 0 Å². The fourth-order valence-corrected chi connectivity index (χ4v) is 1.97. The number of hydrogen-bond donors (Lipinski definition) is 2. The van der Waals surface area contributed by atoms with Gasteiger partial charge in [0.05, 0.1) is 17.9 Å². The standard InChI is InChI=1S/C17H19NO4/c1-17(2,16(20)21)7-8-18-15(19)13-5-3-4-12(10-13)14-6-9-22-11-14/h3-6,9-11H,7-8H2,1-2H3,(H,18,19)(H,20,21). The van der Waals surface area contributed by atoms with Crippen molar-refractivity contribution in [1.82, 2.24) is 5.32 Å². The highest BCUT2D eigenvalue weighted by Crippen LogP contribution is 2.21. The zero-order valence-corrected chi connectivity index (χ0v) is 12.6. The molecule has 1 aromatic carbocycles. The Morgan fingerprint density at radius 2 is 2.00 bits per heavy atom. The lowest BCUT2D eigenvalue weighted by atomic mass is 9.89. The molecule has 1 aromatic heterocycles. The maximum atomic E-state index is 12.1. The Balaban J connectivity index is 1.99. The van der Waals surface area contributed by atoms with Gasteiger partial charge in [-0.3, -0.25) is 9.59 Å². The van der Waals surface area contributed by atoms with Gasteiger partial charge in [-0.05, 0) is 44.0 Å². The van der Waals surface area contributed by atoms with Crippen molar-refractivity contribution >= 4 is 11.9 Å². The number of carbonyl (C=O) groups excluding carboxylic acids is 1. The van der Waals surface area contributed by atoms with E-state index in [2.05, 4.69) is 5.32 Å². The molecule has 1 heterocycles. The van der Waals surface area contributed by atoms with E-state index in [1.807, 2.05) is 12.1 Å². The summed E-state index contributed by atoms with van der Waals surface area (Å²) < 4.78 is 5.04. The molecule has 2 aromatic rings. The number of carbonyl (C=O) groups is 2. The van der Waals surface area contributed by atoms with Gasteiger partial charge in [0.1, 0.15) is 0 Å². The third-order valence-electron chi connectivity index (χ3n) is 3.59. The van der Waals surface area contributed by atoms with Crippen LogP contribution in [0.2, 0.25) is 0 Å². The second-order valence-corrected chi connectivity index (χ2v) is 5.79. The first-order valence-electron chi connectivity index (χ1n) is 7.04. The third kappa shape index (κ3) is 3.75. The third-order valence-corrected chi connectivity index (χ3v) is 3.59. The number of amides is 1. The maximum absolute atomic E-state index is 12.1. The van der Waals surface area contributed by atoms with Crippen molar-refractivity contribution in [2.75, 3.05) is 6.54 Å². The van der Waals surface area contributed by atoms with Crippen LogP contribution in [0.15, 0.2) is 47.3 Å². The summed E-state index contributed by atoms with van der Waals surface area (Å²) in [6.45, 7) is 3.59. The number of aliphatic carboxylic acids is 1. The number of benzene rings is 1. The smallest absolute Gasteiger partial charge is 0.309 e. The molecule has 1 amide bonds. The molecular weight excluding hydrogens is 282 g/mol. The fourth-order valence-electron chi connectivity index (χ4n) is 1.97. The van der Waals surface area contributed by atoms with Crippen LogP contribution < -0.4 is 5.32 Å². The van der Waals surface area contributed by atoms with Gasteiger partial charge in [-0.1, -0.05) is 12.1 Å². The monoisotopic (exact) mass is 301 g/mol. The van der Waals surface area contributed by atoms with Crippen LogP contribution in [0.4, 0.5) is 0 Å². The number of furan rings is 1. The van der Waals surface area contributed by atoms with E-state index in [9.17, 15) is 9.59 Å². The quantitative estimate of drug-likeness (QED) is 0.858. The topological polar surface area (TPSA) is 79.5 Å². The summed E-state index contributed by atoms with van der Waals surface area (Å²) in [6.07, 6.45) is 3.57. The number of carboxylic acid groups (broad SMARTS) is 1. The lowest BCUT2D eigenvalue weighted by Gasteiger charge is -2.18. The lowest BCUT2D eigenvalue weighted by molar-refractivity contribution is -0.147. The Kier molecular flexibility index (Phi) is 4.65.